The minimum Gasteiger partial charge on any atom is -0.484 e. The van der Waals surface area contributed by atoms with Crippen LogP contribution in [0.3, 0.4) is 0 Å². The van der Waals surface area contributed by atoms with Crippen LogP contribution in [0.2, 0.25) is 0 Å². The number of carbonyl (C=O) groups is 1. The zero-order chi connectivity index (χ0) is 21.0. The van der Waals surface area contributed by atoms with Crippen molar-refractivity contribution < 1.29 is 32.0 Å². The summed E-state index contributed by atoms with van der Waals surface area (Å²) in [7, 11) is -1.88. The molecule has 0 aliphatic carbocycles. The van der Waals surface area contributed by atoms with Gasteiger partial charge >= 0.3 is 6.18 Å². The average Bonchev–Trinajstić information content (AvgIpc) is 3.21. The summed E-state index contributed by atoms with van der Waals surface area (Å²) in [6, 6.07) is 11.4. The molecule has 2 aromatic carbocycles. The van der Waals surface area contributed by atoms with Gasteiger partial charge < -0.3 is 14.7 Å². The molecule has 1 N–H and O–H groups in total. The summed E-state index contributed by atoms with van der Waals surface area (Å²) in [6.45, 7) is 0.112. The molecule has 3 rings (SSSR count). The van der Waals surface area contributed by atoms with Crippen LogP contribution in [0.4, 0.5) is 13.2 Å². The van der Waals surface area contributed by atoms with Crippen LogP contribution in [-0.2, 0) is 28.4 Å². The van der Waals surface area contributed by atoms with Crippen LogP contribution in [0.5, 0.6) is 5.75 Å². The number of halogens is 3. The lowest BCUT2D eigenvalue weighted by Crippen LogP contribution is -2.34. The second-order valence-electron chi connectivity index (χ2n) is 6.63. The van der Waals surface area contributed by atoms with Crippen LogP contribution in [0.25, 0.3) is 0 Å². The van der Waals surface area contributed by atoms with Crippen molar-refractivity contribution in [2.24, 2.45) is 0 Å². The summed E-state index contributed by atoms with van der Waals surface area (Å²) in [5.74, 6) is 0.147. The SMILES string of the molecule is O=C(COc1ccc(CO)cc1)N1CCC(S(=O)c2ccccc2C(F)(F)F)C1. The maximum atomic E-state index is 13.2. The van der Waals surface area contributed by atoms with Gasteiger partial charge in [0.2, 0.25) is 0 Å². The molecule has 0 spiro atoms. The van der Waals surface area contributed by atoms with Gasteiger partial charge in [-0.25, -0.2) is 0 Å². The zero-order valence-electron chi connectivity index (χ0n) is 15.4. The molecular weight excluding hydrogens is 407 g/mol. The summed E-state index contributed by atoms with van der Waals surface area (Å²) in [6.07, 6.45) is -4.23. The van der Waals surface area contributed by atoms with E-state index in [2.05, 4.69) is 0 Å². The first kappa shape index (κ1) is 21.3. The van der Waals surface area contributed by atoms with Gasteiger partial charge in [0.05, 0.1) is 33.1 Å². The molecule has 5 nitrogen and oxygen atoms in total. The second kappa shape index (κ2) is 8.96. The van der Waals surface area contributed by atoms with Crippen molar-refractivity contribution in [3.05, 3.63) is 59.7 Å². The van der Waals surface area contributed by atoms with E-state index in [0.717, 1.165) is 6.07 Å². The normalized spacial score (nSPS) is 17.9. The van der Waals surface area contributed by atoms with E-state index in [-0.39, 0.29) is 30.6 Å². The number of alkyl halides is 3. The molecular formula is C20H20F3NO4S. The second-order valence-corrected chi connectivity index (χ2v) is 8.33. The van der Waals surface area contributed by atoms with Gasteiger partial charge in [0, 0.05) is 13.1 Å². The molecule has 1 aliphatic heterocycles. The molecule has 0 aromatic heterocycles. The summed E-state index contributed by atoms with van der Waals surface area (Å²) in [5.41, 5.74) is -0.189. The van der Waals surface area contributed by atoms with E-state index in [0.29, 0.717) is 24.3 Å². The summed E-state index contributed by atoms with van der Waals surface area (Å²) < 4.78 is 57.7. The fraction of sp³-hybridized carbons (Fsp3) is 0.350. The number of hydrogen-bond acceptors (Lipinski definition) is 4. The van der Waals surface area contributed by atoms with E-state index in [1.165, 1.54) is 23.1 Å². The lowest BCUT2D eigenvalue weighted by Gasteiger charge is -2.18. The Morgan fingerprint density at radius 3 is 2.52 bits per heavy atom. The molecule has 1 saturated heterocycles. The monoisotopic (exact) mass is 427 g/mol. The Morgan fingerprint density at radius 1 is 1.17 bits per heavy atom. The standard InChI is InChI=1S/C20H20F3NO4S/c21-20(22,23)17-3-1-2-4-18(17)29(27)16-9-10-24(11-16)19(26)13-28-15-7-5-14(12-25)6-8-15/h1-8,16,25H,9-13H2. The predicted octanol–water partition coefficient (Wildman–Crippen LogP) is 2.99. The highest BCUT2D eigenvalue weighted by atomic mass is 32.2. The highest BCUT2D eigenvalue weighted by Gasteiger charge is 2.38. The molecule has 0 radical (unpaired) electrons. The van der Waals surface area contributed by atoms with E-state index >= 15 is 0 Å². The molecule has 1 heterocycles. The number of likely N-dealkylation sites (tertiary alicyclic amines) is 1. The Morgan fingerprint density at radius 2 is 1.86 bits per heavy atom. The molecule has 0 saturated carbocycles. The highest BCUT2D eigenvalue weighted by molar-refractivity contribution is 7.85. The Kier molecular flexibility index (Phi) is 6.59. The molecule has 2 aromatic rings. The number of aliphatic hydroxyl groups is 1. The first-order valence-electron chi connectivity index (χ1n) is 8.96. The minimum absolute atomic E-state index is 0.0943. The maximum Gasteiger partial charge on any atom is 0.417 e. The number of ether oxygens (including phenoxy) is 1. The quantitative estimate of drug-likeness (QED) is 0.770. The summed E-state index contributed by atoms with van der Waals surface area (Å²) in [5, 5.41) is 8.45. The largest absolute Gasteiger partial charge is 0.484 e. The van der Waals surface area contributed by atoms with Gasteiger partial charge in [-0.2, -0.15) is 13.2 Å². The van der Waals surface area contributed by atoms with Crippen molar-refractivity contribution in [2.75, 3.05) is 19.7 Å². The van der Waals surface area contributed by atoms with Crippen LogP contribution >= 0.6 is 0 Å². The van der Waals surface area contributed by atoms with Gasteiger partial charge in [0.1, 0.15) is 5.75 Å². The number of hydrogen-bond donors (Lipinski definition) is 1. The first-order valence-corrected chi connectivity index (χ1v) is 10.2. The van der Waals surface area contributed by atoms with Crippen LogP contribution in [0, 0.1) is 0 Å². The Balaban J connectivity index is 1.59. The van der Waals surface area contributed by atoms with Crippen molar-refractivity contribution in [2.45, 2.75) is 29.3 Å². The molecule has 2 unspecified atom stereocenters. The summed E-state index contributed by atoms with van der Waals surface area (Å²) in [4.78, 5) is 13.6. The molecule has 29 heavy (non-hydrogen) atoms. The molecule has 2 atom stereocenters. The lowest BCUT2D eigenvalue weighted by atomic mass is 10.2. The van der Waals surface area contributed by atoms with E-state index in [1.54, 1.807) is 24.3 Å². The average molecular weight is 427 g/mol. The fourth-order valence-corrected chi connectivity index (χ4v) is 4.72. The topological polar surface area (TPSA) is 66.8 Å². The van der Waals surface area contributed by atoms with E-state index in [1.807, 2.05) is 0 Å². The molecule has 9 heteroatoms. The van der Waals surface area contributed by atoms with E-state index in [4.69, 9.17) is 9.84 Å². The van der Waals surface area contributed by atoms with Crippen LogP contribution in [0.15, 0.2) is 53.4 Å². The third-order valence-electron chi connectivity index (χ3n) is 4.68. The molecule has 1 fully saturated rings. The highest BCUT2D eigenvalue weighted by Crippen LogP contribution is 2.35. The third-order valence-corrected chi connectivity index (χ3v) is 6.46. The van der Waals surface area contributed by atoms with Crippen molar-refractivity contribution in [3.8, 4) is 5.75 Å². The first-order chi connectivity index (χ1) is 13.8. The van der Waals surface area contributed by atoms with Crippen molar-refractivity contribution in [1.82, 2.24) is 4.90 Å². The van der Waals surface area contributed by atoms with Gasteiger partial charge in [0.25, 0.3) is 5.91 Å². The fourth-order valence-electron chi connectivity index (χ4n) is 3.11. The van der Waals surface area contributed by atoms with Crippen molar-refractivity contribution in [1.29, 1.82) is 0 Å². The maximum absolute atomic E-state index is 13.2. The minimum atomic E-state index is -4.58. The number of rotatable bonds is 6. The van der Waals surface area contributed by atoms with E-state index in [9.17, 15) is 22.2 Å². The number of aliphatic hydroxyl groups excluding tert-OH is 1. The van der Waals surface area contributed by atoms with Gasteiger partial charge in [0.15, 0.2) is 6.61 Å². The lowest BCUT2D eigenvalue weighted by molar-refractivity contribution is -0.139. The van der Waals surface area contributed by atoms with Crippen LogP contribution in [-0.4, -0.2) is 45.1 Å². The number of benzene rings is 2. The Hall–Kier alpha value is -2.39. The van der Waals surface area contributed by atoms with Gasteiger partial charge in [-0.1, -0.05) is 24.3 Å². The van der Waals surface area contributed by atoms with Crippen molar-refractivity contribution in [3.63, 3.8) is 0 Å². The Labute approximate surface area is 168 Å². The number of carbonyl (C=O) groups excluding carboxylic acids is 1. The number of amides is 1. The number of nitrogens with zero attached hydrogens (tertiary/aromatic N) is 1. The molecule has 1 aliphatic rings. The molecule has 156 valence electrons. The zero-order valence-corrected chi connectivity index (χ0v) is 16.2. The third kappa shape index (κ3) is 5.16. The van der Waals surface area contributed by atoms with Gasteiger partial charge in [-0.05, 0) is 36.2 Å². The Bertz CT molecular complexity index is 886. The van der Waals surface area contributed by atoms with Crippen LogP contribution in [0.1, 0.15) is 17.5 Å². The smallest absolute Gasteiger partial charge is 0.417 e. The summed E-state index contributed by atoms with van der Waals surface area (Å²) >= 11 is 0. The predicted molar refractivity (Wildman–Crippen MR) is 101 cm³/mol. The molecule has 1 amide bonds. The van der Waals surface area contributed by atoms with Crippen molar-refractivity contribution >= 4 is 16.7 Å². The van der Waals surface area contributed by atoms with Gasteiger partial charge in [-0.3, -0.25) is 9.00 Å². The van der Waals surface area contributed by atoms with E-state index < -0.39 is 27.8 Å². The van der Waals surface area contributed by atoms with Crippen LogP contribution < -0.4 is 4.74 Å². The molecule has 0 bridgehead atoms. The van der Waals surface area contributed by atoms with Gasteiger partial charge in [-0.15, -0.1) is 0 Å².